The Hall–Kier alpha value is -3.78. The summed E-state index contributed by atoms with van der Waals surface area (Å²) in [5.41, 5.74) is 8.13. The standard InChI is InChI=1S/C34H32N4OS2/c1-26(39)41-33-18-19-37(22-27(33)21-31-17-20-38(36-31)23-32-24-40-25-35-32)34(28-11-5-2-6-12-28,29-13-7-3-8-14-29)30-15-9-4-10-16-30/h2-17,20-21,24-25,33H,18-19,22-23H2,1H3. The molecule has 1 aliphatic rings. The average Bonchev–Trinajstić information content (AvgIpc) is 3.69. The molecular formula is C34H32N4OS2. The molecule has 0 spiro atoms. The lowest BCUT2D eigenvalue weighted by atomic mass is 9.74. The Balaban J connectivity index is 1.44. The lowest BCUT2D eigenvalue weighted by Crippen LogP contribution is -2.52. The summed E-state index contributed by atoms with van der Waals surface area (Å²) in [6.07, 6.45) is 5.06. The summed E-state index contributed by atoms with van der Waals surface area (Å²) in [6, 6.07) is 34.4. The van der Waals surface area contributed by atoms with Crippen LogP contribution < -0.4 is 0 Å². The van der Waals surface area contributed by atoms with E-state index in [4.69, 9.17) is 5.10 Å². The highest BCUT2D eigenvalue weighted by Crippen LogP contribution is 2.45. The normalized spacial score (nSPS) is 17.1. The summed E-state index contributed by atoms with van der Waals surface area (Å²) in [4.78, 5) is 19.3. The van der Waals surface area contributed by atoms with Gasteiger partial charge in [0.1, 0.15) is 0 Å². The van der Waals surface area contributed by atoms with Crippen LogP contribution in [0.1, 0.15) is 41.4 Å². The van der Waals surface area contributed by atoms with E-state index in [0.717, 1.165) is 24.4 Å². The molecule has 0 radical (unpaired) electrons. The van der Waals surface area contributed by atoms with Gasteiger partial charge in [-0.2, -0.15) is 5.10 Å². The van der Waals surface area contributed by atoms with Crippen molar-refractivity contribution in [1.29, 1.82) is 0 Å². The molecule has 6 rings (SSSR count). The third kappa shape index (κ3) is 5.84. The molecule has 2 aromatic heterocycles. The highest BCUT2D eigenvalue weighted by atomic mass is 32.2. The van der Waals surface area contributed by atoms with Crippen molar-refractivity contribution in [3.05, 3.63) is 148 Å². The Kier molecular flexibility index (Phi) is 8.28. The second-order valence-electron chi connectivity index (χ2n) is 10.3. The zero-order chi connectivity index (χ0) is 28.1. The summed E-state index contributed by atoms with van der Waals surface area (Å²) in [5, 5.41) is 7.14. The summed E-state index contributed by atoms with van der Waals surface area (Å²) < 4.78 is 1.93. The first kappa shape index (κ1) is 27.4. The van der Waals surface area contributed by atoms with Crippen LogP contribution in [0.4, 0.5) is 0 Å². The van der Waals surface area contributed by atoms with Crippen LogP contribution in [0.2, 0.25) is 0 Å². The van der Waals surface area contributed by atoms with Crippen LogP contribution >= 0.6 is 23.1 Å². The van der Waals surface area contributed by atoms with E-state index in [0.29, 0.717) is 13.1 Å². The minimum atomic E-state index is -0.501. The van der Waals surface area contributed by atoms with Gasteiger partial charge in [0.05, 0.1) is 29.0 Å². The predicted molar refractivity (Wildman–Crippen MR) is 169 cm³/mol. The molecule has 1 aliphatic heterocycles. The number of nitrogens with zero attached hydrogens (tertiary/aromatic N) is 4. The van der Waals surface area contributed by atoms with Gasteiger partial charge in [-0.05, 0) is 40.8 Å². The molecule has 1 unspecified atom stereocenters. The number of rotatable bonds is 8. The number of hydrogen-bond acceptors (Lipinski definition) is 6. The van der Waals surface area contributed by atoms with Gasteiger partial charge in [0.2, 0.25) is 0 Å². The first-order valence-corrected chi connectivity index (χ1v) is 15.6. The molecule has 5 aromatic rings. The fourth-order valence-corrected chi connectivity index (χ4v) is 7.39. The topological polar surface area (TPSA) is 51.0 Å². The fourth-order valence-electron chi connectivity index (χ4n) is 5.92. The van der Waals surface area contributed by atoms with Crippen molar-refractivity contribution in [2.45, 2.75) is 30.7 Å². The summed E-state index contributed by atoms with van der Waals surface area (Å²) in [5.74, 6) is 0. The van der Waals surface area contributed by atoms with E-state index in [1.165, 1.54) is 34.0 Å². The minimum absolute atomic E-state index is 0.104. The van der Waals surface area contributed by atoms with Crippen LogP contribution in [0.5, 0.6) is 0 Å². The monoisotopic (exact) mass is 576 g/mol. The van der Waals surface area contributed by atoms with E-state index in [-0.39, 0.29) is 10.4 Å². The number of carbonyl (C=O) groups excluding carboxylic acids is 1. The van der Waals surface area contributed by atoms with Crippen LogP contribution in [0.3, 0.4) is 0 Å². The van der Waals surface area contributed by atoms with E-state index in [1.54, 1.807) is 18.3 Å². The first-order valence-electron chi connectivity index (χ1n) is 13.8. The number of thioether (sulfide) groups is 1. The Morgan fingerprint density at radius 2 is 1.56 bits per heavy atom. The predicted octanol–water partition coefficient (Wildman–Crippen LogP) is 7.12. The Bertz CT molecular complexity index is 1500. The van der Waals surface area contributed by atoms with Crippen LogP contribution in [0, 0.1) is 0 Å². The zero-order valence-electron chi connectivity index (χ0n) is 23.0. The van der Waals surface area contributed by atoms with Crippen molar-refractivity contribution < 1.29 is 4.79 Å². The van der Waals surface area contributed by atoms with E-state index in [9.17, 15) is 4.79 Å². The zero-order valence-corrected chi connectivity index (χ0v) is 24.6. The molecule has 1 saturated heterocycles. The molecule has 41 heavy (non-hydrogen) atoms. The van der Waals surface area contributed by atoms with E-state index in [2.05, 4.69) is 112 Å². The van der Waals surface area contributed by atoms with Gasteiger partial charge >= 0.3 is 0 Å². The molecule has 3 aromatic carbocycles. The molecular weight excluding hydrogens is 545 g/mol. The number of benzene rings is 3. The summed E-state index contributed by atoms with van der Waals surface area (Å²) in [6.45, 7) is 3.87. The molecule has 5 nitrogen and oxygen atoms in total. The van der Waals surface area contributed by atoms with Gasteiger partial charge < -0.3 is 0 Å². The van der Waals surface area contributed by atoms with E-state index < -0.39 is 5.54 Å². The van der Waals surface area contributed by atoms with Gasteiger partial charge in [-0.15, -0.1) is 11.3 Å². The smallest absolute Gasteiger partial charge is 0.186 e. The van der Waals surface area contributed by atoms with Crippen molar-refractivity contribution in [1.82, 2.24) is 19.7 Å². The van der Waals surface area contributed by atoms with E-state index >= 15 is 0 Å². The maximum absolute atomic E-state index is 12.3. The maximum atomic E-state index is 12.3. The van der Waals surface area contributed by atoms with Gasteiger partial charge in [0, 0.05) is 36.8 Å². The third-order valence-corrected chi connectivity index (χ3v) is 9.40. The number of aromatic nitrogens is 3. The third-order valence-electron chi connectivity index (χ3n) is 7.61. The minimum Gasteiger partial charge on any atom is -0.288 e. The molecule has 206 valence electrons. The lowest BCUT2D eigenvalue weighted by Gasteiger charge is -2.49. The Labute approximate surface area is 249 Å². The maximum Gasteiger partial charge on any atom is 0.186 e. The molecule has 7 heteroatoms. The van der Waals surface area contributed by atoms with Crippen molar-refractivity contribution in [3.63, 3.8) is 0 Å². The molecule has 3 heterocycles. The molecule has 0 saturated carbocycles. The molecule has 1 fully saturated rings. The number of thiazole rings is 1. The van der Waals surface area contributed by atoms with Crippen LogP contribution in [-0.2, 0) is 16.9 Å². The van der Waals surface area contributed by atoms with Gasteiger partial charge in [0.15, 0.2) is 5.12 Å². The lowest BCUT2D eigenvalue weighted by molar-refractivity contribution is -0.109. The number of carbonyl (C=O) groups is 1. The first-order chi connectivity index (χ1) is 20.1. The largest absolute Gasteiger partial charge is 0.288 e. The van der Waals surface area contributed by atoms with Crippen molar-refractivity contribution in [2.24, 2.45) is 0 Å². The van der Waals surface area contributed by atoms with Gasteiger partial charge in [-0.3, -0.25) is 14.4 Å². The number of hydrogen-bond donors (Lipinski definition) is 0. The summed E-state index contributed by atoms with van der Waals surface area (Å²) in [7, 11) is 0. The Morgan fingerprint density at radius 3 is 2.10 bits per heavy atom. The van der Waals surface area contributed by atoms with Gasteiger partial charge in [-0.25, -0.2) is 4.98 Å². The van der Waals surface area contributed by atoms with Gasteiger partial charge in [-0.1, -0.05) is 103 Å². The van der Waals surface area contributed by atoms with Crippen molar-refractivity contribution >= 4 is 34.3 Å². The fraction of sp³-hybridized carbons (Fsp3) is 0.206. The summed E-state index contributed by atoms with van der Waals surface area (Å²) >= 11 is 3.03. The SMILES string of the molecule is CC(=O)SC1CCN(C(c2ccccc2)(c2ccccc2)c2ccccc2)CC1=Cc1ccn(Cc2cscn2)n1. The highest BCUT2D eigenvalue weighted by Gasteiger charge is 2.44. The van der Waals surface area contributed by atoms with Crippen molar-refractivity contribution in [3.8, 4) is 0 Å². The molecule has 0 N–H and O–H groups in total. The molecule has 1 atom stereocenters. The number of piperidine rings is 1. The van der Waals surface area contributed by atoms with Crippen LogP contribution in [-0.4, -0.2) is 43.1 Å². The van der Waals surface area contributed by atoms with E-state index in [1.807, 2.05) is 22.5 Å². The highest BCUT2D eigenvalue weighted by molar-refractivity contribution is 8.14. The van der Waals surface area contributed by atoms with Crippen LogP contribution in [0.15, 0.2) is 120 Å². The second kappa shape index (κ2) is 12.4. The molecule has 0 bridgehead atoms. The van der Waals surface area contributed by atoms with Crippen LogP contribution in [0.25, 0.3) is 6.08 Å². The Morgan fingerprint density at radius 1 is 0.951 bits per heavy atom. The quantitative estimate of drug-likeness (QED) is 0.184. The average molecular weight is 577 g/mol. The molecule has 0 aliphatic carbocycles. The number of likely N-dealkylation sites (tertiary alicyclic amines) is 1. The van der Waals surface area contributed by atoms with Gasteiger partial charge in [0.25, 0.3) is 0 Å². The second-order valence-corrected chi connectivity index (χ2v) is 12.4. The van der Waals surface area contributed by atoms with Crippen molar-refractivity contribution in [2.75, 3.05) is 13.1 Å². The molecule has 0 amide bonds.